The molecule has 0 amide bonds. The maximum atomic E-state index is 9.66. The summed E-state index contributed by atoms with van der Waals surface area (Å²) in [6.45, 7) is 2.51. The van der Waals surface area contributed by atoms with Crippen molar-refractivity contribution in [3.8, 4) is 5.69 Å². The van der Waals surface area contributed by atoms with E-state index in [0.717, 1.165) is 43.9 Å². The molecule has 2 heterocycles. The number of rotatable bonds is 3. The number of nitrogens with zero attached hydrogens (tertiary/aromatic N) is 4. The van der Waals surface area contributed by atoms with E-state index in [1.807, 2.05) is 30.3 Å². The van der Waals surface area contributed by atoms with Crippen LogP contribution < -0.4 is 0 Å². The minimum absolute atomic E-state index is 0.196. The van der Waals surface area contributed by atoms with Gasteiger partial charge in [0.25, 0.3) is 0 Å². The van der Waals surface area contributed by atoms with E-state index in [4.69, 9.17) is 0 Å². The molecular weight excluding hydrogens is 240 g/mol. The first-order valence-corrected chi connectivity index (χ1v) is 6.68. The molecule has 2 aromatic rings. The lowest BCUT2D eigenvalue weighted by atomic mass is 10.1. The first-order chi connectivity index (χ1) is 9.31. The van der Waals surface area contributed by atoms with E-state index in [-0.39, 0.29) is 6.10 Å². The number of aliphatic hydroxyl groups excluding tert-OH is 1. The van der Waals surface area contributed by atoms with E-state index in [0.29, 0.717) is 0 Å². The number of hydrogen-bond acceptors (Lipinski definition) is 4. The maximum Gasteiger partial charge on any atom is 0.0971 e. The van der Waals surface area contributed by atoms with Crippen molar-refractivity contribution in [2.75, 3.05) is 13.1 Å². The summed E-state index contributed by atoms with van der Waals surface area (Å²) in [6, 6.07) is 9.88. The van der Waals surface area contributed by atoms with Crippen LogP contribution in [0.2, 0.25) is 0 Å². The largest absolute Gasteiger partial charge is 0.392 e. The number of para-hydroxylation sites is 1. The van der Waals surface area contributed by atoms with Gasteiger partial charge in [0.15, 0.2) is 0 Å². The molecule has 5 nitrogen and oxygen atoms in total. The summed E-state index contributed by atoms with van der Waals surface area (Å²) in [7, 11) is 0. The number of benzene rings is 1. The molecule has 0 aliphatic carbocycles. The third-order valence-electron chi connectivity index (χ3n) is 3.39. The van der Waals surface area contributed by atoms with Crippen LogP contribution in [0, 0.1) is 0 Å². The third kappa shape index (κ3) is 3.00. The van der Waals surface area contributed by atoms with Gasteiger partial charge < -0.3 is 5.11 Å². The van der Waals surface area contributed by atoms with Gasteiger partial charge in [0.1, 0.15) is 0 Å². The van der Waals surface area contributed by atoms with Crippen LogP contribution in [-0.2, 0) is 6.54 Å². The zero-order valence-electron chi connectivity index (χ0n) is 10.8. The van der Waals surface area contributed by atoms with Crippen molar-refractivity contribution in [3.05, 3.63) is 42.2 Å². The van der Waals surface area contributed by atoms with Crippen molar-refractivity contribution in [3.63, 3.8) is 0 Å². The highest BCUT2D eigenvalue weighted by Crippen LogP contribution is 2.12. The lowest BCUT2D eigenvalue weighted by Crippen LogP contribution is -2.37. The van der Waals surface area contributed by atoms with Crippen molar-refractivity contribution in [2.45, 2.75) is 25.5 Å². The van der Waals surface area contributed by atoms with Crippen molar-refractivity contribution < 1.29 is 5.11 Å². The van der Waals surface area contributed by atoms with E-state index in [9.17, 15) is 5.11 Å². The summed E-state index contributed by atoms with van der Waals surface area (Å²) in [5.41, 5.74) is 1.91. The predicted octanol–water partition coefficient (Wildman–Crippen LogP) is 1.22. The Labute approximate surface area is 112 Å². The van der Waals surface area contributed by atoms with E-state index < -0.39 is 0 Å². The number of piperidine rings is 1. The van der Waals surface area contributed by atoms with Crippen LogP contribution in [0.3, 0.4) is 0 Å². The number of hydrogen-bond donors (Lipinski definition) is 1. The van der Waals surface area contributed by atoms with Crippen LogP contribution >= 0.6 is 0 Å². The molecule has 1 aliphatic heterocycles. The first kappa shape index (κ1) is 12.3. The fraction of sp³-hybridized carbons (Fsp3) is 0.429. The van der Waals surface area contributed by atoms with Gasteiger partial charge in [0.05, 0.1) is 23.7 Å². The van der Waals surface area contributed by atoms with Crippen molar-refractivity contribution >= 4 is 0 Å². The summed E-state index contributed by atoms with van der Waals surface area (Å²) in [4.78, 5) is 3.88. The minimum Gasteiger partial charge on any atom is -0.392 e. The normalized spacial score (nSPS) is 20.6. The van der Waals surface area contributed by atoms with E-state index in [1.165, 1.54) is 0 Å². The van der Waals surface area contributed by atoms with Crippen molar-refractivity contribution in [1.29, 1.82) is 0 Å². The lowest BCUT2D eigenvalue weighted by molar-refractivity contribution is 0.0661. The third-order valence-corrected chi connectivity index (χ3v) is 3.39. The van der Waals surface area contributed by atoms with Crippen molar-refractivity contribution in [1.82, 2.24) is 19.9 Å². The summed E-state index contributed by atoms with van der Waals surface area (Å²) in [6.07, 6.45) is 3.56. The molecule has 1 saturated heterocycles. The zero-order chi connectivity index (χ0) is 13.1. The highest BCUT2D eigenvalue weighted by atomic mass is 16.3. The van der Waals surface area contributed by atoms with Crippen molar-refractivity contribution in [2.24, 2.45) is 0 Å². The topological polar surface area (TPSA) is 54.2 Å². The Balaban J connectivity index is 1.68. The second kappa shape index (κ2) is 5.50. The molecule has 0 saturated carbocycles. The summed E-state index contributed by atoms with van der Waals surface area (Å²) in [5, 5.41) is 18.4. The second-order valence-corrected chi connectivity index (χ2v) is 4.99. The van der Waals surface area contributed by atoms with Gasteiger partial charge in [-0.25, -0.2) is 0 Å². The molecule has 1 N–H and O–H groups in total. The highest BCUT2D eigenvalue weighted by Gasteiger charge is 2.18. The first-order valence-electron chi connectivity index (χ1n) is 6.68. The van der Waals surface area contributed by atoms with Gasteiger partial charge in [0.2, 0.25) is 0 Å². The molecule has 100 valence electrons. The van der Waals surface area contributed by atoms with Crippen LogP contribution in [0.15, 0.2) is 36.5 Å². The van der Waals surface area contributed by atoms with E-state index >= 15 is 0 Å². The number of β-amino-alcohol motifs (C(OH)–C–C–N with tert-alkyl or cyclic N) is 1. The fourth-order valence-corrected chi connectivity index (χ4v) is 2.46. The van der Waals surface area contributed by atoms with Gasteiger partial charge in [-0.1, -0.05) is 18.2 Å². The average molecular weight is 258 g/mol. The van der Waals surface area contributed by atoms with E-state index in [2.05, 4.69) is 15.1 Å². The van der Waals surface area contributed by atoms with Gasteiger partial charge in [0, 0.05) is 13.1 Å². The van der Waals surface area contributed by atoms with Gasteiger partial charge >= 0.3 is 0 Å². The van der Waals surface area contributed by atoms with Crippen LogP contribution in [0.4, 0.5) is 0 Å². The lowest BCUT2D eigenvalue weighted by Gasteiger charge is -2.29. The molecule has 5 heteroatoms. The molecule has 1 aromatic carbocycles. The molecule has 19 heavy (non-hydrogen) atoms. The van der Waals surface area contributed by atoms with Gasteiger partial charge in [-0.2, -0.15) is 15.0 Å². The number of likely N-dealkylation sites (tertiary alicyclic amines) is 1. The molecule has 1 aliphatic rings. The Kier molecular flexibility index (Phi) is 3.57. The van der Waals surface area contributed by atoms with Gasteiger partial charge in [-0.3, -0.25) is 4.90 Å². The van der Waals surface area contributed by atoms with Crippen LogP contribution in [0.1, 0.15) is 18.5 Å². The van der Waals surface area contributed by atoms with E-state index in [1.54, 1.807) is 11.0 Å². The average Bonchev–Trinajstić information content (AvgIpc) is 2.88. The summed E-state index contributed by atoms with van der Waals surface area (Å²) >= 11 is 0. The fourth-order valence-electron chi connectivity index (χ4n) is 2.46. The molecule has 1 unspecified atom stereocenters. The molecule has 0 radical (unpaired) electrons. The maximum absolute atomic E-state index is 9.66. The standard InChI is InChI=1S/C14H18N4O/c19-14-7-4-8-17(11-14)10-12-9-15-18(16-12)13-5-2-1-3-6-13/h1-3,5-6,9,14,19H,4,7-8,10-11H2. The smallest absolute Gasteiger partial charge is 0.0971 e. The Morgan fingerprint density at radius 3 is 2.89 bits per heavy atom. The highest BCUT2D eigenvalue weighted by molar-refractivity contribution is 5.28. The summed E-state index contributed by atoms with van der Waals surface area (Å²) < 4.78 is 0. The molecule has 3 rings (SSSR count). The number of aliphatic hydroxyl groups is 1. The Bertz CT molecular complexity index is 525. The van der Waals surface area contributed by atoms with Gasteiger partial charge in [-0.05, 0) is 31.5 Å². The van der Waals surface area contributed by atoms with Gasteiger partial charge in [-0.15, -0.1) is 0 Å². The predicted molar refractivity (Wildman–Crippen MR) is 71.9 cm³/mol. The zero-order valence-corrected chi connectivity index (χ0v) is 10.8. The molecule has 1 atom stereocenters. The molecule has 1 aromatic heterocycles. The minimum atomic E-state index is -0.196. The SMILES string of the molecule is OC1CCCN(Cc2cnn(-c3ccccc3)n2)C1. The summed E-state index contributed by atoms with van der Waals surface area (Å²) in [5.74, 6) is 0. The number of aromatic nitrogens is 3. The van der Waals surface area contributed by atoms with Crippen LogP contribution in [0.25, 0.3) is 5.69 Å². The molecule has 1 fully saturated rings. The van der Waals surface area contributed by atoms with Crippen LogP contribution in [0.5, 0.6) is 0 Å². The molecule has 0 spiro atoms. The quantitative estimate of drug-likeness (QED) is 0.899. The molecular formula is C14H18N4O. The Morgan fingerprint density at radius 2 is 2.11 bits per heavy atom. The second-order valence-electron chi connectivity index (χ2n) is 4.99. The van der Waals surface area contributed by atoms with Crippen LogP contribution in [-0.4, -0.2) is 44.2 Å². The monoisotopic (exact) mass is 258 g/mol. The Morgan fingerprint density at radius 1 is 1.26 bits per heavy atom. The molecule has 0 bridgehead atoms. The Hall–Kier alpha value is -1.72.